The van der Waals surface area contributed by atoms with E-state index in [0.717, 1.165) is 41.6 Å². The Kier molecular flexibility index (Phi) is 4.24. The number of benzene rings is 1. The third-order valence-electron chi connectivity index (χ3n) is 4.78. The average molecular weight is 347 g/mol. The first kappa shape index (κ1) is 16.4. The molecule has 3 heterocycles. The Bertz CT molecular complexity index is 934. The molecule has 1 saturated heterocycles. The number of carbonyl (C=O) groups excluding carboxylic acids is 1. The molecule has 1 fully saturated rings. The van der Waals surface area contributed by atoms with E-state index in [4.69, 9.17) is 4.98 Å². The summed E-state index contributed by atoms with van der Waals surface area (Å²) in [7, 11) is 1.95. The molecule has 0 aliphatic carbocycles. The van der Waals surface area contributed by atoms with Crippen LogP contribution < -0.4 is 0 Å². The van der Waals surface area contributed by atoms with Crippen LogP contribution >= 0.6 is 0 Å². The molecular formula is C20H21N5O. The zero-order valence-corrected chi connectivity index (χ0v) is 15.0. The van der Waals surface area contributed by atoms with Crippen LogP contribution in [-0.4, -0.2) is 43.4 Å². The fourth-order valence-corrected chi connectivity index (χ4v) is 3.42. The maximum absolute atomic E-state index is 12.7. The molecule has 0 bridgehead atoms. The zero-order chi connectivity index (χ0) is 18.1. The number of imidazole rings is 1. The van der Waals surface area contributed by atoms with Crippen LogP contribution in [0.1, 0.15) is 34.2 Å². The minimum absolute atomic E-state index is 0.0741. The first-order valence-corrected chi connectivity index (χ1v) is 8.79. The average Bonchev–Trinajstić information content (AvgIpc) is 3.30. The predicted molar refractivity (Wildman–Crippen MR) is 98.7 cm³/mol. The summed E-state index contributed by atoms with van der Waals surface area (Å²) in [4.78, 5) is 28.3. The molecule has 4 rings (SSSR count). The van der Waals surface area contributed by atoms with Gasteiger partial charge in [0, 0.05) is 49.7 Å². The maximum atomic E-state index is 12.7. The largest absolute Gasteiger partial charge is 0.338 e. The van der Waals surface area contributed by atoms with Crippen LogP contribution in [-0.2, 0) is 7.05 Å². The second-order valence-corrected chi connectivity index (χ2v) is 6.72. The minimum atomic E-state index is 0.0741. The normalized spacial score (nSPS) is 16.8. The van der Waals surface area contributed by atoms with Crippen molar-refractivity contribution >= 4 is 5.91 Å². The van der Waals surface area contributed by atoms with Crippen LogP contribution in [0.5, 0.6) is 0 Å². The number of amides is 1. The van der Waals surface area contributed by atoms with Crippen molar-refractivity contribution in [3.63, 3.8) is 0 Å². The summed E-state index contributed by atoms with van der Waals surface area (Å²) in [5.74, 6) is 1.85. The summed E-state index contributed by atoms with van der Waals surface area (Å²) < 4.78 is 1.95. The van der Waals surface area contributed by atoms with Gasteiger partial charge in [-0.1, -0.05) is 18.2 Å². The molecule has 1 aromatic carbocycles. The summed E-state index contributed by atoms with van der Waals surface area (Å²) in [6.07, 6.45) is 4.55. The Morgan fingerprint density at radius 2 is 2.00 bits per heavy atom. The molecule has 1 amide bonds. The van der Waals surface area contributed by atoms with Crippen molar-refractivity contribution < 1.29 is 4.79 Å². The molecule has 6 heteroatoms. The highest BCUT2D eigenvalue weighted by Crippen LogP contribution is 2.27. The number of aryl methyl sites for hydroxylation is 2. The molecule has 0 spiro atoms. The van der Waals surface area contributed by atoms with Crippen molar-refractivity contribution in [2.45, 2.75) is 19.3 Å². The van der Waals surface area contributed by atoms with Gasteiger partial charge in [0.05, 0.1) is 0 Å². The van der Waals surface area contributed by atoms with E-state index in [1.807, 2.05) is 66.0 Å². The van der Waals surface area contributed by atoms with Crippen molar-refractivity contribution in [2.24, 2.45) is 7.05 Å². The van der Waals surface area contributed by atoms with Crippen molar-refractivity contribution in [3.05, 3.63) is 65.9 Å². The summed E-state index contributed by atoms with van der Waals surface area (Å²) in [5.41, 5.74) is 2.47. The highest BCUT2D eigenvalue weighted by Gasteiger charge is 2.30. The van der Waals surface area contributed by atoms with Gasteiger partial charge in [0.2, 0.25) is 0 Å². The van der Waals surface area contributed by atoms with Gasteiger partial charge in [-0.2, -0.15) is 0 Å². The summed E-state index contributed by atoms with van der Waals surface area (Å²) in [6.45, 7) is 3.35. The molecule has 2 aromatic heterocycles. The fourth-order valence-electron chi connectivity index (χ4n) is 3.42. The van der Waals surface area contributed by atoms with Gasteiger partial charge < -0.3 is 9.47 Å². The van der Waals surface area contributed by atoms with E-state index in [0.29, 0.717) is 6.54 Å². The van der Waals surface area contributed by atoms with Gasteiger partial charge in [0.25, 0.3) is 5.91 Å². The van der Waals surface area contributed by atoms with Gasteiger partial charge in [-0.3, -0.25) is 4.79 Å². The molecule has 0 N–H and O–H groups in total. The standard InChI is InChI=1S/C20H21N5O/c1-14-12-17(19-21-9-11-24(19)2)23-18(22-14)16-8-10-25(13-16)20(26)15-6-4-3-5-7-15/h3-7,9,11-12,16H,8,10,13H2,1-2H3/t16-/m0/s1. The molecule has 6 nitrogen and oxygen atoms in total. The highest BCUT2D eigenvalue weighted by atomic mass is 16.2. The molecule has 1 atom stereocenters. The first-order valence-electron chi connectivity index (χ1n) is 8.79. The number of hydrogen-bond donors (Lipinski definition) is 0. The lowest BCUT2D eigenvalue weighted by atomic mass is 10.1. The Balaban J connectivity index is 1.57. The molecule has 3 aromatic rings. The Morgan fingerprint density at radius 1 is 1.19 bits per heavy atom. The van der Waals surface area contributed by atoms with Gasteiger partial charge in [0.1, 0.15) is 11.5 Å². The second kappa shape index (κ2) is 6.71. The van der Waals surface area contributed by atoms with Gasteiger partial charge in [-0.25, -0.2) is 15.0 Å². The third-order valence-corrected chi connectivity index (χ3v) is 4.78. The van der Waals surface area contributed by atoms with Crippen molar-refractivity contribution in [2.75, 3.05) is 13.1 Å². The molecule has 1 aliphatic rings. The second-order valence-electron chi connectivity index (χ2n) is 6.72. The lowest BCUT2D eigenvalue weighted by Gasteiger charge is -2.16. The van der Waals surface area contributed by atoms with Crippen LogP contribution in [0.3, 0.4) is 0 Å². The van der Waals surface area contributed by atoms with E-state index < -0.39 is 0 Å². The summed E-state index contributed by atoms with van der Waals surface area (Å²) in [6, 6.07) is 11.4. The first-order chi connectivity index (χ1) is 12.6. The molecule has 0 radical (unpaired) electrons. The number of carbonyl (C=O) groups is 1. The number of rotatable bonds is 3. The van der Waals surface area contributed by atoms with E-state index >= 15 is 0 Å². The van der Waals surface area contributed by atoms with Crippen LogP contribution in [0.2, 0.25) is 0 Å². The number of likely N-dealkylation sites (tertiary alicyclic amines) is 1. The summed E-state index contributed by atoms with van der Waals surface area (Å²) >= 11 is 0. The number of aromatic nitrogens is 4. The van der Waals surface area contributed by atoms with Crippen molar-refractivity contribution in [1.82, 2.24) is 24.4 Å². The fraction of sp³-hybridized carbons (Fsp3) is 0.300. The smallest absolute Gasteiger partial charge is 0.253 e. The van der Waals surface area contributed by atoms with E-state index in [9.17, 15) is 4.79 Å². The Morgan fingerprint density at radius 3 is 2.73 bits per heavy atom. The van der Waals surface area contributed by atoms with E-state index in [2.05, 4.69) is 9.97 Å². The topological polar surface area (TPSA) is 63.9 Å². The monoisotopic (exact) mass is 347 g/mol. The van der Waals surface area contributed by atoms with E-state index in [-0.39, 0.29) is 11.8 Å². The van der Waals surface area contributed by atoms with Gasteiger partial charge in [-0.05, 0) is 31.5 Å². The molecule has 132 valence electrons. The number of hydrogen-bond acceptors (Lipinski definition) is 4. The van der Waals surface area contributed by atoms with Crippen LogP contribution in [0, 0.1) is 6.92 Å². The van der Waals surface area contributed by atoms with Gasteiger partial charge >= 0.3 is 0 Å². The van der Waals surface area contributed by atoms with Crippen LogP contribution in [0.15, 0.2) is 48.8 Å². The van der Waals surface area contributed by atoms with Crippen molar-refractivity contribution in [1.29, 1.82) is 0 Å². The molecular weight excluding hydrogens is 326 g/mol. The number of nitrogens with zero attached hydrogens (tertiary/aromatic N) is 5. The lowest BCUT2D eigenvalue weighted by Crippen LogP contribution is -2.28. The quantitative estimate of drug-likeness (QED) is 0.731. The lowest BCUT2D eigenvalue weighted by molar-refractivity contribution is 0.0790. The SMILES string of the molecule is Cc1cc(-c2nccn2C)nc([C@H]2CCN(C(=O)c3ccccc3)C2)n1. The molecule has 1 aliphatic heterocycles. The van der Waals surface area contributed by atoms with Crippen LogP contribution in [0.25, 0.3) is 11.5 Å². The van der Waals surface area contributed by atoms with Gasteiger partial charge in [-0.15, -0.1) is 0 Å². The Hall–Kier alpha value is -3.02. The highest BCUT2D eigenvalue weighted by molar-refractivity contribution is 5.94. The Labute approximate surface area is 152 Å². The minimum Gasteiger partial charge on any atom is -0.338 e. The summed E-state index contributed by atoms with van der Waals surface area (Å²) in [5, 5.41) is 0. The molecule has 0 unspecified atom stereocenters. The molecule has 26 heavy (non-hydrogen) atoms. The van der Waals surface area contributed by atoms with E-state index in [1.54, 1.807) is 6.20 Å². The maximum Gasteiger partial charge on any atom is 0.253 e. The van der Waals surface area contributed by atoms with E-state index in [1.165, 1.54) is 0 Å². The van der Waals surface area contributed by atoms with Crippen molar-refractivity contribution in [3.8, 4) is 11.5 Å². The zero-order valence-electron chi connectivity index (χ0n) is 15.0. The third kappa shape index (κ3) is 3.10. The van der Waals surface area contributed by atoms with Crippen LogP contribution in [0.4, 0.5) is 0 Å². The van der Waals surface area contributed by atoms with Gasteiger partial charge in [0.15, 0.2) is 5.82 Å². The molecule has 0 saturated carbocycles. The predicted octanol–water partition coefficient (Wildman–Crippen LogP) is 2.82.